The first kappa shape index (κ1) is 134. The molecular formula is C66H97Br2Cl4F6MgN15O17S8. The van der Waals surface area contributed by atoms with Gasteiger partial charge < -0.3 is 90.5 Å². The fraction of sp³-hybridized carbons (Fsp3) is 0.470. The average molecular weight is 2070 g/mol. The van der Waals surface area contributed by atoms with Crippen molar-refractivity contribution < 1.29 is 111 Å². The van der Waals surface area contributed by atoms with Crippen LogP contribution in [0.2, 0.25) is 0 Å². The molecule has 672 valence electrons. The molecule has 11 N–H and O–H groups in total. The zero-order chi connectivity index (χ0) is 90.5. The predicted octanol–water partition coefficient (Wildman–Crippen LogP) is 13.4. The van der Waals surface area contributed by atoms with E-state index < -0.39 is 69.4 Å². The number of ether oxygens (including phenoxy) is 3. The molecule has 0 radical (unpaired) electrons. The molecule has 0 saturated carbocycles. The number of anilines is 1. The number of alkyl halides is 11. The number of urea groups is 1. The molecule has 53 heteroatoms. The first-order chi connectivity index (χ1) is 53.4. The second kappa shape index (κ2) is 76.9. The number of H-pyrrole nitrogens is 3. The van der Waals surface area contributed by atoms with Gasteiger partial charge in [-0.2, -0.15) is 26.3 Å². The molecule has 8 heterocycles. The number of aldehydes is 2. The maximum atomic E-state index is 12.6. The van der Waals surface area contributed by atoms with Gasteiger partial charge in [-0.1, -0.05) is 79.1 Å². The SMILES string of the molecule is C.CC(=O)c1ncsc1CBr.CC(=O)c1ncsc1CSc1nc(C(F)(F)F)cc(=O)[nH]1.CC(C)(C)ON=O.CC=O.CCN(CC)CC.CCO.COC(=O)C(Cl)Cl.COC(=O)c1nc(N)sc1C.COC(=O)c1ncsc1C.Cc1scnc1C(C)O.Cc1scnc1C=O.ClCCl.NC(N)=O.O=c1cc(C(F)(F)F)[nH]c(=S)[nH]1.[Br-].[CH3-].[Mg+2]. The van der Waals surface area contributed by atoms with E-state index in [-0.39, 0.29) is 106 Å². The van der Waals surface area contributed by atoms with Gasteiger partial charge in [-0.25, -0.2) is 54.1 Å². The van der Waals surface area contributed by atoms with Crippen molar-refractivity contribution in [2.75, 3.05) is 58.6 Å². The molecule has 1 atom stereocenters. The maximum absolute atomic E-state index is 12.6. The fourth-order valence-corrected chi connectivity index (χ4v) is 12.0. The van der Waals surface area contributed by atoms with Crippen molar-refractivity contribution in [2.45, 2.75) is 156 Å². The van der Waals surface area contributed by atoms with Gasteiger partial charge in [-0.05, 0) is 101 Å². The number of amides is 2. The van der Waals surface area contributed by atoms with Gasteiger partial charge in [-0.3, -0.25) is 29.0 Å². The van der Waals surface area contributed by atoms with Gasteiger partial charge in [0.05, 0.1) is 66.0 Å². The first-order valence-corrected chi connectivity index (χ1v) is 41.3. The number of aromatic amines is 3. The van der Waals surface area contributed by atoms with Crippen LogP contribution in [0, 0.1) is 44.8 Å². The van der Waals surface area contributed by atoms with Crippen LogP contribution in [0.3, 0.4) is 0 Å². The van der Waals surface area contributed by atoms with E-state index >= 15 is 0 Å². The molecule has 0 spiro atoms. The molecule has 0 bridgehead atoms. The van der Waals surface area contributed by atoms with E-state index in [9.17, 15) is 69.6 Å². The van der Waals surface area contributed by atoms with Gasteiger partial charge >= 0.3 is 59.3 Å². The van der Waals surface area contributed by atoms with Crippen LogP contribution < -0.4 is 45.3 Å². The van der Waals surface area contributed by atoms with E-state index in [1.165, 1.54) is 124 Å². The van der Waals surface area contributed by atoms with Crippen LogP contribution in [0.15, 0.2) is 59.8 Å². The fourth-order valence-electron chi connectivity index (χ4n) is 6.03. The summed E-state index contributed by atoms with van der Waals surface area (Å²) in [6, 6.07) is -0.0203. The maximum Gasteiger partial charge on any atom is 2.00 e. The summed E-state index contributed by atoms with van der Waals surface area (Å²) in [4.78, 5) is 156. The van der Waals surface area contributed by atoms with Crippen LogP contribution in [0.4, 0.5) is 36.3 Å². The van der Waals surface area contributed by atoms with E-state index in [0.29, 0.717) is 50.2 Å². The van der Waals surface area contributed by atoms with Gasteiger partial charge in [0, 0.05) is 72.9 Å². The van der Waals surface area contributed by atoms with E-state index in [1.807, 2.05) is 30.7 Å². The van der Waals surface area contributed by atoms with Crippen molar-refractivity contribution >= 4 is 231 Å². The number of esters is 3. The Bertz CT molecular complexity index is 4230. The van der Waals surface area contributed by atoms with Crippen LogP contribution in [0.1, 0.15) is 188 Å². The number of aryl methyl sites for hydroxylation is 4. The van der Waals surface area contributed by atoms with Crippen molar-refractivity contribution in [1.82, 2.24) is 54.7 Å². The van der Waals surface area contributed by atoms with Gasteiger partial charge in [0.15, 0.2) is 55.3 Å². The van der Waals surface area contributed by atoms with Gasteiger partial charge in [0.2, 0.25) is 4.84 Å². The number of aliphatic hydroxyl groups is 2. The number of methoxy groups -OCH3 is 3. The first-order valence-electron chi connectivity index (χ1n) is 31.6. The summed E-state index contributed by atoms with van der Waals surface area (Å²) in [5, 5.41) is 20.0. The molecule has 8 rings (SSSR count). The molecule has 119 heavy (non-hydrogen) atoms. The number of thiazole rings is 6. The number of primary amides is 2. The van der Waals surface area contributed by atoms with Gasteiger partial charge in [0.25, 0.3) is 11.1 Å². The minimum atomic E-state index is -4.68. The number of nitrogens with one attached hydrogen (secondary N) is 3. The average Bonchev–Trinajstić information content (AvgIpc) is 1.84. The van der Waals surface area contributed by atoms with Crippen LogP contribution in [0.25, 0.3) is 0 Å². The molecule has 8 aromatic rings. The van der Waals surface area contributed by atoms with Crippen molar-refractivity contribution in [2.24, 2.45) is 16.8 Å². The summed E-state index contributed by atoms with van der Waals surface area (Å²) in [6.07, 6.45) is -8.15. The molecule has 8 aromatic heterocycles. The largest absolute Gasteiger partial charge is 2.00 e. The number of nitrogen functional groups attached to an aromatic ring is 1. The Morgan fingerprint density at radius 1 is 0.706 bits per heavy atom. The van der Waals surface area contributed by atoms with Crippen LogP contribution in [-0.4, -0.2) is 199 Å². The van der Waals surface area contributed by atoms with Crippen molar-refractivity contribution in [1.29, 1.82) is 0 Å². The summed E-state index contributed by atoms with van der Waals surface area (Å²) >= 11 is 36.6. The Labute approximate surface area is 773 Å². The van der Waals surface area contributed by atoms with Crippen molar-refractivity contribution in [3.8, 4) is 0 Å². The molecule has 2 amide bonds. The number of hydrogen-bond acceptors (Lipinski definition) is 35. The molecule has 32 nitrogen and oxygen atoms in total. The number of thioether (sulfide) groups is 1. The number of aromatic nitrogens is 10. The zero-order valence-corrected chi connectivity index (χ0v) is 81.2. The predicted molar refractivity (Wildman–Crippen MR) is 465 cm³/mol. The molecule has 0 aliphatic carbocycles. The number of carbonyl (C=O) groups excluding carboxylic acids is 8. The molecule has 1 unspecified atom stereocenters. The standard InChI is InChI=1S/C11H8F3N3O2S2.C6H6BrNOS.C6H8N2O2S.C6H7NO2S.C6H9NOS.C6H15N.C5H3F3N2OS.C5H5NOS.C4H9NO2.C3H4Cl2O2.C2H6O.C2H4O.CH2Cl2.CH4N2O.CH4.CH3.BrH.Mg/c1-5(18)9-6(21-4-15-9)3-20-10-16-7(11(12,13)14)2-8(19)17-10;1-4(9)6-5(2-7)10-3-8-6;1-3-4(5(9)10-2)8-6(7)11-3;1-4-5(6(8)9-2)7-3-10-4;1-4(8)6-5(2)9-3-7-6;1-4-7(5-2)6-3;6-5(7,8)2-1-3(11)10-4(12)9-2;1-4-5(2-7)6-3-8-4;1-4(2,3)7-5-6;1-7-3(6)2(4)5;2*1-2-3;2-1-3;2-1(3)4;;;;/h2,4H,3H2,1H3,(H,16,17,19);3H,2H2,1H3;1-2H3,(H2,7,8);3H,1-2H3;3-4,8H,1-2H3;4-6H2,1-3H3;1H,(H2,9,10,11,12);2-3H,1H3;1-3H3;2H,1H3;3H,2H2,1H3;2H,1H3;1H2;(H4,2,3,4);1H4;1H3;1H;/q;;;;;;;;;;;;;;;-1;;+2/p-1. The van der Waals surface area contributed by atoms with Crippen LogP contribution >= 0.6 is 154 Å². The molecule has 0 aliphatic heterocycles. The molecule has 0 saturated heterocycles. The third-order valence-electron chi connectivity index (χ3n) is 10.9. The van der Waals surface area contributed by atoms with Crippen LogP contribution in [0.5, 0.6) is 0 Å². The number of rotatable bonds is 15. The van der Waals surface area contributed by atoms with Crippen molar-refractivity contribution in [3.63, 3.8) is 0 Å². The van der Waals surface area contributed by atoms with E-state index in [0.717, 1.165) is 54.4 Å². The topological polar surface area (TPSA) is 496 Å². The molecular weight excluding hydrogens is 1970 g/mol. The number of Topliss-reactive ketones (excluding diaryl/α,β-unsaturated/α-hetero) is 2. The number of hydrogen-bond donors (Lipinski definition) is 8. The number of halogens is 12. The Morgan fingerprint density at radius 2 is 1.12 bits per heavy atom. The Morgan fingerprint density at radius 3 is 1.39 bits per heavy atom. The van der Waals surface area contributed by atoms with E-state index in [4.69, 9.17) is 71.9 Å². The Hall–Kier alpha value is -5.98. The van der Waals surface area contributed by atoms with Crippen molar-refractivity contribution in [3.05, 3.63) is 152 Å². The summed E-state index contributed by atoms with van der Waals surface area (Å²) in [5.74, 6) is -1.41. The Balaban J connectivity index is -0.000000138. The van der Waals surface area contributed by atoms with Gasteiger partial charge in [-0.15, -0.1) is 96.1 Å². The minimum absolute atomic E-state index is 0. The third-order valence-corrected chi connectivity index (χ3v) is 18.3. The summed E-state index contributed by atoms with van der Waals surface area (Å²) in [5.41, 5.74) is 20.5. The summed E-state index contributed by atoms with van der Waals surface area (Å²) in [6.45, 7) is 30.8. The van der Waals surface area contributed by atoms with Crippen LogP contribution in [-0.2, 0) is 52.1 Å². The molecule has 0 aliphatic rings. The number of carbonyl (C=O) groups is 8. The summed E-state index contributed by atoms with van der Waals surface area (Å²) < 4.78 is 86.1. The number of nitrogens with zero attached hydrogens (tertiary/aromatic N) is 9. The second-order valence-electron chi connectivity index (χ2n) is 20.6. The molecule has 0 aromatic carbocycles. The zero-order valence-electron chi connectivity index (χ0n) is 67.1. The monoisotopic (exact) mass is 2060 g/mol. The molecule has 0 fully saturated rings. The summed E-state index contributed by atoms with van der Waals surface area (Å²) in [7, 11) is 3.89. The minimum Gasteiger partial charge on any atom is -1.00 e. The normalized spacial score (nSPS) is 9.76. The Kier molecular flexibility index (Phi) is 86.3. The number of nitrogens with two attached hydrogens (primary N) is 3. The number of ketones is 2. The third kappa shape index (κ3) is 68.2. The smallest absolute Gasteiger partial charge is 1.00 e. The van der Waals surface area contributed by atoms with Gasteiger partial charge in [0.1, 0.15) is 34.7 Å². The number of aliphatic hydroxyl groups excluding tert-OH is 2. The second-order valence-corrected chi connectivity index (χ2v) is 30.7. The van der Waals surface area contributed by atoms with E-state index in [2.05, 4.69) is 130 Å². The quantitative estimate of drug-likeness (QED) is 0.00377. The van der Waals surface area contributed by atoms with E-state index in [1.54, 1.807) is 74.9 Å².